The summed E-state index contributed by atoms with van der Waals surface area (Å²) in [7, 11) is 0. The second-order valence-corrected chi connectivity index (χ2v) is 4.48. The van der Waals surface area contributed by atoms with Gasteiger partial charge in [0.1, 0.15) is 6.61 Å². The van der Waals surface area contributed by atoms with Gasteiger partial charge in [0.15, 0.2) is 11.4 Å². The van der Waals surface area contributed by atoms with Gasteiger partial charge in [0, 0.05) is 29.4 Å². The summed E-state index contributed by atoms with van der Waals surface area (Å²) in [6.45, 7) is 0.275. The van der Waals surface area contributed by atoms with E-state index in [-0.39, 0.29) is 18.1 Å². The molecule has 0 fully saturated rings. The second-order valence-electron chi connectivity index (χ2n) is 4.48. The molecule has 1 N–H and O–H groups in total. The quantitative estimate of drug-likeness (QED) is 0.795. The molecule has 0 unspecified atom stereocenters. The highest BCUT2D eigenvalue weighted by molar-refractivity contribution is 5.97. The molecule has 0 aliphatic carbocycles. The van der Waals surface area contributed by atoms with Crippen molar-refractivity contribution in [3.63, 3.8) is 0 Å². The van der Waals surface area contributed by atoms with Crippen molar-refractivity contribution in [2.75, 3.05) is 0 Å². The second kappa shape index (κ2) is 5.58. The number of hydrogen-bond donors (Lipinski definition) is 1. The average molecular weight is 280 g/mol. The number of carboxylic acid groups (broad SMARTS) is 1. The molecule has 5 nitrogen and oxygen atoms in total. The maximum atomic E-state index is 11.3. The van der Waals surface area contributed by atoms with Crippen LogP contribution in [-0.2, 0) is 6.61 Å². The number of aromatic carboxylic acids is 1. The monoisotopic (exact) mass is 280 g/mol. The number of ether oxygens (including phenoxy) is 1. The molecule has 0 bridgehead atoms. The number of benzene rings is 1. The first-order valence-electron chi connectivity index (χ1n) is 6.38. The van der Waals surface area contributed by atoms with E-state index in [1.807, 2.05) is 30.3 Å². The third-order valence-corrected chi connectivity index (χ3v) is 3.08. The van der Waals surface area contributed by atoms with E-state index >= 15 is 0 Å². The van der Waals surface area contributed by atoms with Crippen molar-refractivity contribution in [2.24, 2.45) is 0 Å². The van der Waals surface area contributed by atoms with Crippen LogP contribution in [0.5, 0.6) is 5.75 Å². The smallest absolute Gasteiger partial charge is 0.358 e. The lowest BCUT2D eigenvalue weighted by Crippen LogP contribution is -2.06. The molecule has 21 heavy (non-hydrogen) atoms. The van der Waals surface area contributed by atoms with E-state index in [4.69, 9.17) is 4.74 Å². The van der Waals surface area contributed by atoms with Crippen molar-refractivity contribution < 1.29 is 14.6 Å². The molecular formula is C16H12N2O3. The van der Waals surface area contributed by atoms with Gasteiger partial charge in [-0.05, 0) is 11.6 Å². The third-order valence-electron chi connectivity index (χ3n) is 3.08. The zero-order valence-corrected chi connectivity index (χ0v) is 11.1. The normalized spacial score (nSPS) is 10.5. The van der Waals surface area contributed by atoms with E-state index in [0.717, 1.165) is 10.9 Å². The summed E-state index contributed by atoms with van der Waals surface area (Å²) in [5.74, 6) is -0.874. The Kier molecular flexibility index (Phi) is 3.47. The minimum atomic E-state index is -1.12. The van der Waals surface area contributed by atoms with E-state index in [9.17, 15) is 9.90 Å². The van der Waals surface area contributed by atoms with Crippen molar-refractivity contribution in [3.05, 3.63) is 66.2 Å². The van der Waals surface area contributed by atoms with Gasteiger partial charge in [-0.1, -0.05) is 30.3 Å². The summed E-state index contributed by atoms with van der Waals surface area (Å²) in [5.41, 5.74) is 0.848. The minimum absolute atomic E-state index is 0.105. The summed E-state index contributed by atoms with van der Waals surface area (Å²) in [4.78, 5) is 19.3. The van der Waals surface area contributed by atoms with Crippen LogP contribution in [0.3, 0.4) is 0 Å². The zero-order chi connectivity index (χ0) is 14.7. The number of pyridine rings is 2. The molecule has 0 spiro atoms. The van der Waals surface area contributed by atoms with Crippen LogP contribution in [0.25, 0.3) is 10.8 Å². The summed E-state index contributed by atoms with van der Waals surface area (Å²) in [6.07, 6.45) is 4.73. The van der Waals surface area contributed by atoms with Crippen molar-refractivity contribution in [3.8, 4) is 5.75 Å². The first-order chi connectivity index (χ1) is 10.3. The predicted octanol–water partition coefficient (Wildman–Crippen LogP) is 2.91. The van der Waals surface area contributed by atoms with Crippen molar-refractivity contribution in [1.82, 2.24) is 9.97 Å². The minimum Gasteiger partial charge on any atom is -0.486 e. The number of hydrogen-bond acceptors (Lipinski definition) is 4. The molecule has 5 heteroatoms. The van der Waals surface area contributed by atoms with Gasteiger partial charge in [0.05, 0.1) is 0 Å². The molecule has 0 saturated heterocycles. The van der Waals surface area contributed by atoms with Crippen LogP contribution in [0.15, 0.2) is 55.0 Å². The van der Waals surface area contributed by atoms with Gasteiger partial charge < -0.3 is 9.84 Å². The Morgan fingerprint density at radius 2 is 1.95 bits per heavy atom. The number of nitrogens with zero attached hydrogens (tertiary/aromatic N) is 2. The van der Waals surface area contributed by atoms with Gasteiger partial charge >= 0.3 is 5.97 Å². The largest absolute Gasteiger partial charge is 0.486 e. The van der Waals surface area contributed by atoms with Gasteiger partial charge in [0.2, 0.25) is 0 Å². The van der Waals surface area contributed by atoms with E-state index in [1.165, 1.54) is 6.20 Å². The number of carbonyl (C=O) groups is 1. The summed E-state index contributed by atoms with van der Waals surface area (Å²) < 4.78 is 5.71. The van der Waals surface area contributed by atoms with Crippen molar-refractivity contribution in [2.45, 2.75) is 6.61 Å². The van der Waals surface area contributed by atoms with Crippen LogP contribution in [0, 0.1) is 0 Å². The Morgan fingerprint density at radius 1 is 1.14 bits per heavy atom. The van der Waals surface area contributed by atoms with Crippen LogP contribution >= 0.6 is 0 Å². The molecule has 0 radical (unpaired) electrons. The van der Waals surface area contributed by atoms with E-state index in [0.29, 0.717) is 5.39 Å². The Bertz CT molecular complexity index is 788. The van der Waals surface area contributed by atoms with Crippen LogP contribution in [0.4, 0.5) is 0 Å². The Labute approximate surface area is 120 Å². The molecule has 0 aliphatic rings. The predicted molar refractivity (Wildman–Crippen MR) is 77.3 cm³/mol. The summed E-state index contributed by atoms with van der Waals surface area (Å²) >= 11 is 0. The van der Waals surface area contributed by atoms with E-state index in [1.54, 1.807) is 18.5 Å². The Hall–Kier alpha value is -2.95. The fourth-order valence-corrected chi connectivity index (χ4v) is 2.06. The van der Waals surface area contributed by atoms with Crippen molar-refractivity contribution in [1.29, 1.82) is 0 Å². The molecule has 2 aromatic heterocycles. The highest BCUT2D eigenvalue weighted by Crippen LogP contribution is 2.28. The van der Waals surface area contributed by atoms with Gasteiger partial charge in [-0.25, -0.2) is 9.78 Å². The topological polar surface area (TPSA) is 72.3 Å². The fraction of sp³-hybridized carbons (Fsp3) is 0.0625. The number of aromatic nitrogens is 2. The van der Waals surface area contributed by atoms with Crippen LogP contribution < -0.4 is 4.74 Å². The lowest BCUT2D eigenvalue weighted by atomic mass is 10.1. The molecule has 3 rings (SSSR count). The molecule has 2 heterocycles. The van der Waals surface area contributed by atoms with Crippen LogP contribution in [0.2, 0.25) is 0 Å². The highest BCUT2D eigenvalue weighted by Gasteiger charge is 2.17. The molecule has 0 atom stereocenters. The molecule has 1 aromatic carbocycles. The molecule has 104 valence electrons. The first-order valence-corrected chi connectivity index (χ1v) is 6.38. The van der Waals surface area contributed by atoms with Crippen molar-refractivity contribution >= 4 is 16.7 Å². The number of carboxylic acids is 1. The SMILES string of the molecule is O=C(O)c1ncc2ccncc2c1OCc1ccccc1. The standard InChI is InChI=1S/C16H12N2O3/c19-16(20)14-15(21-10-11-4-2-1-3-5-11)13-9-17-7-6-12(13)8-18-14/h1-9H,10H2,(H,19,20). The van der Waals surface area contributed by atoms with Crippen LogP contribution in [-0.4, -0.2) is 21.0 Å². The third kappa shape index (κ3) is 2.67. The molecule has 0 amide bonds. The van der Waals surface area contributed by atoms with Gasteiger partial charge in [-0.15, -0.1) is 0 Å². The lowest BCUT2D eigenvalue weighted by molar-refractivity contribution is 0.0685. The van der Waals surface area contributed by atoms with Gasteiger partial charge in [0.25, 0.3) is 0 Å². The number of fused-ring (bicyclic) bond motifs is 1. The molecule has 0 aliphatic heterocycles. The first kappa shape index (κ1) is 13.1. The molecular weight excluding hydrogens is 268 g/mol. The van der Waals surface area contributed by atoms with E-state index in [2.05, 4.69) is 9.97 Å². The summed E-state index contributed by atoms with van der Waals surface area (Å²) in [5, 5.41) is 10.7. The number of rotatable bonds is 4. The zero-order valence-electron chi connectivity index (χ0n) is 11.1. The average Bonchev–Trinajstić information content (AvgIpc) is 2.53. The van der Waals surface area contributed by atoms with Gasteiger partial charge in [-0.3, -0.25) is 4.98 Å². The van der Waals surface area contributed by atoms with Gasteiger partial charge in [-0.2, -0.15) is 0 Å². The van der Waals surface area contributed by atoms with Crippen LogP contribution in [0.1, 0.15) is 16.1 Å². The Balaban J connectivity index is 2.02. The lowest BCUT2D eigenvalue weighted by Gasteiger charge is -2.11. The maximum Gasteiger partial charge on any atom is 0.358 e. The highest BCUT2D eigenvalue weighted by atomic mass is 16.5. The Morgan fingerprint density at radius 3 is 2.71 bits per heavy atom. The maximum absolute atomic E-state index is 11.3. The molecule has 0 saturated carbocycles. The van der Waals surface area contributed by atoms with E-state index < -0.39 is 5.97 Å². The molecule has 3 aromatic rings. The fourth-order valence-electron chi connectivity index (χ4n) is 2.06. The summed E-state index contributed by atoms with van der Waals surface area (Å²) in [6, 6.07) is 11.3.